The van der Waals surface area contributed by atoms with Gasteiger partial charge in [-0.2, -0.15) is 0 Å². The van der Waals surface area contributed by atoms with E-state index in [4.69, 9.17) is 0 Å². The van der Waals surface area contributed by atoms with Crippen molar-refractivity contribution in [3.8, 4) is 0 Å². The smallest absolute Gasteiger partial charge is 0.227 e. The molecule has 3 rings (SSSR count). The number of aryl methyl sites for hydroxylation is 2. The summed E-state index contributed by atoms with van der Waals surface area (Å²) in [5.74, 6) is 0.157. The highest BCUT2D eigenvalue weighted by Gasteiger charge is 2.20. The van der Waals surface area contributed by atoms with Crippen molar-refractivity contribution in [3.05, 3.63) is 64.7 Å². The molecule has 1 aliphatic heterocycles. The molecule has 0 fully saturated rings. The van der Waals surface area contributed by atoms with Crippen molar-refractivity contribution in [2.45, 2.75) is 32.9 Å². The molecule has 1 aliphatic rings. The fraction of sp³-hybridized carbons (Fsp3) is 0.300. The first kappa shape index (κ1) is 16.2. The summed E-state index contributed by atoms with van der Waals surface area (Å²) < 4.78 is 0. The first-order chi connectivity index (χ1) is 11.6. The van der Waals surface area contributed by atoms with Crippen LogP contribution in [0.2, 0.25) is 0 Å². The van der Waals surface area contributed by atoms with Crippen LogP contribution in [-0.2, 0) is 29.1 Å². The fourth-order valence-electron chi connectivity index (χ4n) is 3.22. The molecule has 0 aliphatic carbocycles. The summed E-state index contributed by atoms with van der Waals surface area (Å²) in [6.45, 7) is 3.22. The van der Waals surface area contributed by atoms with Crippen LogP contribution in [0.25, 0.3) is 0 Å². The maximum absolute atomic E-state index is 11.8. The van der Waals surface area contributed by atoms with Crippen LogP contribution < -0.4 is 4.90 Å². The van der Waals surface area contributed by atoms with Crippen LogP contribution in [0.4, 0.5) is 5.69 Å². The van der Waals surface area contributed by atoms with Gasteiger partial charge in [0.05, 0.1) is 0 Å². The van der Waals surface area contributed by atoms with Gasteiger partial charge in [0.1, 0.15) is 0 Å². The Kier molecular flexibility index (Phi) is 4.65. The van der Waals surface area contributed by atoms with Crippen molar-refractivity contribution in [1.82, 2.24) is 4.90 Å². The molecule has 0 bridgehead atoms. The lowest BCUT2D eigenvalue weighted by atomic mass is 9.99. The molecule has 0 atom stereocenters. The Morgan fingerprint density at radius 3 is 2.54 bits per heavy atom. The van der Waals surface area contributed by atoms with Crippen LogP contribution >= 0.6 is 0 Å². The third-order valence-electron chi connectivity index (χ3n) is 4.49. The zero-order valence-electron chi connectivity index (χ0n) is 14.2. The minimum atomic E-state index is 0.157. The molecule has 1 heterocycles. The minimum absolute atomic E-state index is 0.157. The molecule has 2 amide bonds. The van der Waals surface area contributed by atoms with E-state index < -0.39 is 0 Å². The van der Waals surface area contributed by atoms with E-state index in [-0.39, 0.29) is 5.91 Å². The molecule has 0 saturated carbocycles. The van der Waals surface area contributed by atoms with Crippen molar-refractivity contribution in [1.29, 1.82) is 0 Å². The zero-order chi connectivity index (χ0) is 17.1. The Morgan fingerprint density at radius 1 is 1.08 bits per heavy atom. The van der Waals surface area contributed by atoms with Gasteiger partial charge in [-0.3, -0.25) is 9.59 Å². The predicted octanol–water partition coefficient (Wildman–Crippen LogP) is 3.06. The van der Waals surface area contributed by atoms with Crippen molar-refractivity contribution >= 4 is 18.0 Å². The zero-order valence-corrected chi connectivity index (χ0v) is 14.2. The highest BCUT2D eigenvalue weighted by atomic mass is 16.2. The number of fused-ring (bicyclic) bond motifs is 1. The molecule has 24 heavy (non-hydrogen) atoms. The lowest BCUT2D eigenvalue weighted by molar-refractivity contribution is -0.119. The van der Waals surface area contributed by atoms with Crippen molar-refractivity contribution < 1.29 is 9.59 Å². The predicted molar refractivity (Wildman–Crippen MR) is 94.7 cm³/mol. The van der Waals surface area contributed by atoms with Crippen molar-refractivity contribution in [3.63, 3.8) is 0 Å². The summed E-state index contributed by atoms with van der Waals surface area (Å²) in [5.41, 5.74) is 5.57. The molecule has 0 spiro atoms. The van der Waals surface area contributed by atoms with Gasteiger partial charge in [-0.15, -0.1) is 0 Å². The molecule has 124 valence electrons. The van der Waals surface area contributed by atoms with E-state index in [0.717, 1.165) is 29.6 Å². The Bertz CT molecular complexity index is 770. The second-order valence-electron chi connectivity index (χ2n) is 6.42. The summed E-state index contributed by atoms with van der Waals surface area (Å²) in [4.78, 5) is 26.7. The fourth-order valence-corrected chi connectivity index (χ4v) is 3.22. The van der Waals surface area contributed by atoms with Crippen LogP contribution in [-0.4, -0.2) is 24.3 Å². The van der Waals surface area contributed by atoms with Gasteiger partial charge in [0.15, 0.2) is 0 Å². The summed E-state index contributed by atoms with van der Waals surface area (Å²) in [5, 5.41) is 0. The van der Waals surface area contributed by atoms with Crippen LogP contribution in [0.3, 0.4) is 0 Å². The number of anilines is 1. The molecule has 4 nitrogen and oxygen atoms in total. The molecular weight excluding hydrogens is 300 g/mol. The van der Waals surface area contributed by atoms with Gasteiger partial charge in [0.25, 0.3) is 0 Å². The van der Waals surface area contributed by atoms with Gasteiger partial charge in [0, 0.05) is 32.2 Å². The Hall–Kier alpha value is -2.62. The Morgan fingerprint density at radius 2 is 1.83 bits per heavy atom. The summed E-state index contributed by atoms with van der Waals surface area (Å²) >= 11 is 0. The number of benzene rings is 2. The van der Waals surface area contributed by atoms with E-state index in [2.05, 4.69) is 25.1 Å². The van der Waals surface area contributed by atoms with Crippen molar-refractivity contribution in [2.24, 2.45) is 0 Å². The van der Waals surface area contributed by atoms with Gasteiger partial charge in [-0.05, 0) is 36.1 Å². The maximum Gasteiger partial charge on any atom is 0.227 e. The molecular formula is C20H22N2O2. The van der Waals surface area contributed by atoms with E-state index in [0.29, 0.717) is 19.5 Å². The second-order valence-corrected chi connectivity index (χ2v) is 6.42. The molecule has 0 unspecified atom stereocenters. The van der Waals surface area contributed by atoms with Crippen LogP contribution in [0.5, 0.6) is 0 Å². The molecule has 2 aromatic carbocycles. The van der Waals surface area contributed by atoms with E-state index in [1.807, 2.05) is 31.3 Å². The molecule has 0 radical (unpaired) electrons. The van der Waals surface area contributed by atoms with Gasteiger partial charge < -0.3 is 9.80 Å². The number of hydrogen-bond donors (Lipinski definition) is 0. The average Bonchev–Trinajstić information content (AvgIpc) is 2.58. The molecule has 2 aromatic rings. The Labute approximate surface area is 142 Å². The van der Waals surface area contributed by atoms with E-state index in [9.17, 15) is 9.59 Å². The van der Waals surface area contributed by atoms with Crippen LogP contribution in [0, 0.1) is 6.92 Å². The normalized spacial score (nSPS) is 13.6. The molecule has 0 N–H and O–H groups in total. The first-order valence-corrected chi connectivity index (χ1v) is 8.20. The van der Waals surface area contributed by atoms with Gasteiger partial charge in [0.2, 0.25) is 12.3 Å². The lowest BCUT2D eigenvalue weighted by Crippen LogP contribution is -2.31. The van der Waals surface area contributed by atoms with Crippen LogP contribution in [0.1, 0.15) is 28.7 Å². The number of amides is 2. The molecule has 0 aromatic heterocycles. The maximum atomic E-state index is 11.8. The monoisotopic (exact) mass is 322 g/mol. The summed E-state index contributed by atoms with van der Waals surface area (Å²) in [6, 6.07) is 14.3. The SMILES string of the molecule is Cc1cccc(CN(C=O)Cc2ccc3c(c2)CCC(=O)N3C)c1. The van der Waals surface area contributed by atoms with E-state index in [1.54, 1.807) is 9.80 Å². The highest BCUT2D eigenvalue weighted by molar-refractivity contribution is 5.95. The topological polar surface area (TPSA) is 40.6 Å². The van der Waals surface area contributed by atoms with Crippen LogP contribution in [0.15, 0.2) is 42.5 Å². The third kappa shape index (κ3) is 3.48. The van der Waals surface area contributed by atoms with Gasteiger partial charge in [-0.1, -0.05) is 42.0 Å². The minimum Gasteiger partial charge on any atom is -0.337 e. The summed E-state index contributed by atoms with van der Waals surface area (Å²) in [7, 11) is 1.81. The van der Waals surface area contributed by atoms with Gasteiger partial charge >= 0.3 is 0 Å². The van der Waals surface area contributed by atoms with E-state index >= 15 is 0 Å². The quantitative estimate of drug-likeness (QED) is 0.794. The number of carbonyl (C=O) groups is 2. The average molecular weight is 322 g/mol. The van der Waals surface area contributed by atoms with E-state index in [1.165, 1.54) is 11.1 Å². The highest BCUT2D eigenvalue weighted by Crippen LogP contribution is 2.28. The van der Waals surface area contributed by atoms with Crippen molar-refractivity contribution in [2.75, 3.05) is 11.9 Å². The Balaban J connectivity index is 1.74. The number of nitrogens with zero attached hydrogens (tertiary/aromatic N) is 2. The second kappa shape index (κ2) is 6.87. The molecule has 0 saturated heterocycles. The standard InChI is InChI=1S/C20H22N2O2/c1-15-4-3-5-16(10-15)12-22(14-23)13-17-6-8-19-18(11-17)7-9-20(24)21(19)2/h3-6,8,10-11,14H,7,9,12-13H2,1-2H3. The number of rotatable bonds is 5. The number of hydrogen-bond acceptors (Lipinski definition) is 2. The first-order valence-electron chi connectivity index (χ1n) is 8.20. The third-order valence-corrected chi connectivity index (χ3v) is 4.49. The lowest BCUT2D eigenvalue weighted by Gasteiger charge is -2.26. The summed E-state index contributed by atoms with van der Waals surface area (Å²) in [6.07, 6.45) is 2.22. The van der Waals surface area contributed by atoms with Gasteiger partial charge in [-0.25, -0.2) is 0 Å². The number of carbonyl (C=O) groups excluding carboxylic acids is 2. The molecule has 4 heteroatoms. The largest absolute Gasteiger partial charge is 0.337 e.